The average Bonchev–Trinajstić information content (AvgIpc) is 2.57. The normalized spacial score (nSPS) is 21.2. The van der Waals surface area contributed by atoms with Crippen molar-refractivity contribution >= 4 is 23.6 Å². The van der Waals surface area contributed by atoms with Crippen molar-refractivity contribution in [3.8, 4) is 11.5 Å². The highest BCUT2D eigenvalue weighted by molar-refractivity contribution is 7.74. The highest BCUT2D eigenvalue weighted by Gasteiger charge is 2.43. The first-order chi connectivity index (χ1) is 11.1. The van der Waals surface area contributed by atoms with E-state index in [1.807, 2.05) is 18.2 Å². The number of allylic oxidation sites excluding steroid dienone is 5. The van der Waals surface area contributed by atoms with Gasteiger partial charge in [0.1, 0.15) is 29.2 Å². The van der Waals surface area contributed by atoms with Crippen LogP contribution >= 0.6 is 7.37 Å². The molecular weight excluding hydrogens is 311 g/mol. The molecule has 0 spiro atoms. The number of rotatable bonds is 1. The summed E-state index contributed by atoms with van der Waals surface area (Å²) < 4.78 is 19.5. The van der Waals surface area contributed by atoms with Gasteiger partial charge in [0.05, 0.1) is 16.7 Å². The van der Waals surface area contributed by atoms with Crippen LogP contribution < -0.4 is 10.6 Å². The van der Waals surface area contributed by atoms with Crippen molar-refractivity contribution in [1.82, 2.24) is 0 Å². The fourth-order valence-corrected chi connectivity index (χ4v) is 5.14. The molecule has 2 N–H and O–H groups in total. The number of hydrogen-bond acceptors (Lipinski definition) is 4. The quantitative estimate of drug-likeness (QED) is 0.481. The summed E-state index contributed by atoms with van der Waals surface area (Å²) in [6.07, 6.45) is 8.14. The van der Waals surface area contributed by atoms with E-state index in [0.29, 0.717) is 11.1 Å². The number of aromatic hydroxyl groups is 2. The van der Waals surface area contributed by atoms with Crippen LogP contribution in [-0.2, 0) is 9.09 Å². The van der Waals surface area contributed by atoms with Crippen molar-refractivity contribution in [2.45, 2.75) is 0 Å². The maximum Gasteiger partial charge on any atom is 0.325 e. The van der Waals surface area contributed by atoms with E-state index in [-0.39, 0.29) is 16.8 Å². The van der Waals surface area contributed by atoms with Gasteiger partial charge in [0.2, 0.25) is 0 Å². The minimum atomic E-state index is -3.58. The predicted molar refractivity (Wildman–Crippen MR) is 88.0 cm³/mol. The largest absolute Gasteiger partial charge is 0.508 e. The zero-order valence-electron chi connectivity index (χ0n) is 11.9. The Morgan fingerprint density at radius 3 is 2.74 bits per heavy atom. The van der Waals surface area contributed by atoms with Crippen molar-refractivity contribution in [2.75, 3.05) is 0 Å². The Kier molecular flexibility index (Phi) is 2.92. The third-order valence-electron chi connectivity index (χ3n) is 3.84. The second-order valence-corrected chi connectivity index (χ2v) is 7.50. The Labute approximate surface area is 133 Å². The number of fused-ring (bicyclic) bond motifs is 2. The monoisotopic (exact) mass is 323 g/mol. The van der Waals surface area contributed by atoms with Gasteiger partial charge in [-0.2, -0.15) is 0 Å². The molecule has 4 nitrogen and oxygen atoms in total. The fourth-order valence-electron chi connectivity index (χ4n) is 2.79. The van der Waals surface area contributed by atoms with Gasteiger partial charge in [-0.25, -0.2) is 0 Å². The Bertz CT molecular complexity index is 953. The lowest BCUT2D eigenvalue weighted by Gasteiger charge is -2.25. The summed E-state index contributed by atoms with van der Waals surface area (Å²) in [5, 5.41) is 20.5. The zero-order valence-corrected chi connectivity index (χ0v) is 12.8. The van der Waals surface area contributed by atoms with Gasteiger partial charge in [-0.1, -0.05) is 18.2 Å². The first-order valence-corrected chi connectivity index (χ1v) is 8.64. The molecule has 2 aromatic rings. The van der Waals surface area contributed by atoms with Gasteiger partial charge in [0.25, 0.3) is 5.76 Å². The Hall–Kier alpha value is -2.80. The molecule has 0 bridgehead atoms. The molecule has 0 amide bonds. The zero-order chi connectivity index (χ0) is 16.0. The fraction of sp³-hybridized carbons (Fsp3) is 0. The lowest BCUT2D eigenvalue weighted by atomic mass is 10.0. The smallest absolute Gasteiger partial charge is 0.325 e. The summed E-state index contributed by atoms with van der Waals surface area (Å²) in [5.41, 5.74) is 1.61. The van der Waals surface area contributed by atoms with E-state index in [0.717, 1.165) is 11.1 Å². The molecule has 0 radical (unpaired) electrons. The molecule has 1 unspecified atom stereocenters. The van der Waals surface area contributed by atoms with Gasteiger partial charge >= 0.3 is 7.37 Å². The highest BCUT2D eigenvalue weighted by Crippen LogP contribution is 2.55. The Morgan fingerprint density at radius 1 is 1.04 bits per heavy atom. The molecule has 1 aliphatic heterocycles. The molecule has 0 saturated heterocycles. The molecule has 0 aromatic heterocycles. The van der Waals surface area contributed by atoms with Crippen LogP contribution in [0.15, 0.2) is 66.5 Å². The van der Waals surface area contributed by atoms with E-state index < -0.39 is 7.37 Å². The van der Waals surface area contributed by atoms with Crippen LogP contribution in [-0.4, -0.2) is 10.2 Å². The summed E-state index contributed by atoms with van der Waals surface area (Å²) in [6, 6.07) is 11.1. The number of phenolic OH excluding ortho intramolecular Hbond substituents is 2. The predicted octanol–water partition coefficient (Wildman–Crippen LogP) is 3.00. The van der Waals surface area contributed by atoms with Crippen LogP contribution in [0.3, 0.4) is 0 Å². The molecular formula is C18H12O4P+. The average molecular weight is 323 g/mol. The molecule has 4 rings (SSSR count). The van der Waals surface area contributed by atoms with Crippen LogP contribution in [0.25, 0.3) is 5.57 Å². The van der Waals surface area contributed by atoms with Crippen molar-refractivity contribution in [2.24, 2.45) is 0 Å². The maximum atomic E-state index is 13.7. The lowest BCUT2D eigenvalue weighted by Crippen LogP contribution is -2.25. The molecule has 2 aliphatic rings. The SMILES string of the molecule is O=P1(c2cc(O)ccc2O)OC2=C(C=C[C+]=C2)c2ccccc21. The standard InChI is InChI=1S/C18H11O4P/c19-12-9-10-15(20)18(11-12)23(21)17-8-4-2-6-14(17)13-5-1-3-7-16(13)22-23/h1-2,4-11H,(H-,19,20,21)/p+1. The van der Waals surface area contributed by atoms with Crippen molar-refractivity contribution in [3.63, 3.8) is 0 Å². The first kappa shape index (κ1) is 13.8. The van der Waals surface area contributed by atoms with Gasteiger partial charge in [-0.05, 0) is 24.3 Å². The highest BCUT2D eigenvalue weighted by atomic mass is 31.2. The van der Waals surface area contributed by atoms with Crippen molar-refractivity contribution in [1.29, 1.82) is 0 Å². The van der Waals surface area contributed by atoms with Crippen molar-refractivity contribution in [3.05, 3.63) is 78.1 Å². The van der Waals surface area contributed by atoms with E-state index in [2.05, 4.69) is 6.08 Å². The molecule has 2 aromatic carbocycles. The first-order valence-electron chi connectivity index (χ1n) is 7.02. The van der Waals surface area contributed by atoms with Crippen LogP contribution in [0, 0.1) is 6.08 Å². The van der Waals surface area contributed by atoms with E-state index in [9.17, 15) is 14.8 Å². The third kappa shape index (κ3) is 2.01. The summed E-state index contributed by atoms with van der Waals surface area (Å²) in [7, 11) is -3.58. The van der Waals surface area contributed by atoms with Gasteiger partial charge in [-0.15, -0.1) is 0 Å². The molecule has 5 heteroatoms. The molecule has 112 valence electrons. The Balaban J connectivity index is 2.03. The summed E-state index contributed by atoms with van der Waals surface area (Å²) >= 11 is 0. The van der Waals surface area contributed by atoms with Gasteiger partial charge in [0.15, 0.2) is 0 Å². The third-order valence-corrected chi connectivity index (χ3v) is 6.31. The topological polar surface area (TPSA) is 66.8 Å². The van der Waals surface area contributed by atoms with Gasteiger partial charge < -0.3 is 14.7 Å². The molecule has 1 atom stereocenters. The molecule has 0 saturated carbocycles. The van der Waals surface area contributed by atoms with E-state index in [1.165, 1.54) is 18.2 Å². The minimum absolute atomic E-state index is 0.0828. The van der Waals surface area contributed by atoms with E-state index in [4.69, 9.17) is 4.52 Å². The molecule has 0 fully saturated rings. The van der Waals surface area contributed by atoms with E-state index >= 15 is 0 Å². The maximum absolute atomic E-state index is 13.7. The number of benzene rings is 2. The van der Waals surface area contributed by atoms with Gasteiger partial charge in [-0.3, -0.25) is 4.57 Å². The second kappa shape index (κ2) is 4.85. The lowest BCUT2D eigenvalue weighted by molar-refractivity contribution is 0.429. The Morgan fingerprint density at radius 2 is 1.87 bits per heavy atom. The molecule has 1 aliphatic carbocycles. The van der Waals surface area contributed by atoms with E-state index in [1.54, 1.807) is 24.3 Å². The van der Waals surface area contributed by atoms with Crippen LogP contribution in [0.1, 0.15) is 5.56 Å². The van der Waals surface area contributed by atoms with Crippen LogP contribution in [0.2, 0.25) is 0 Å². The minimum Gasteiger partial charge on any atom is -0.508 e. The molecule has 23 heavy (non-hydrogen) atoms. The van der Waals surface area contributed by atoms with Crippen molar-refractivity contribution < 1.29 is 19.3 Å². The summed E-state index contributed by atoms with van der Waals surface area (Å²) in [4.78, 5) is 0. The van der Waals surface area contributed by atoms with Crippen LogP contribution in [0.4, 0.5) is 0 Å². The van der Waals surface area contributed by atoms with Crippen LogP contribution in [0.5, 0.6) is 11.5 Å². The molecule has 1 heterocycles. The van der Waals surface area contributed by atoms with Gasteiger partial charge in [0, 0.05) is 11.6 Å². The summed E-state index contributed by atoms with van der Waals surface area (Å²) in [6.45, 7) is 0. The number of hydrogen-bond donors (Lipinski definition) is 2. The number of phenols is 2. The second-order valence-electron chi connectivity index (χ2n) is 5.26. The summed E-state index contributed by atoms with van der Waals surface area (Å²) in [5.74, 6) is 0.182.